The highest BCUT2D eigenvalue weighted by atomic mass is 16.2. The molecule has 1 fully saturated rings. The Hall–Kier alpha value is -2.40. The minimum absolute atomic E-state index is 0.120. The Morgan fingerprint density at radius 1 is 1.00 bits per heavy atom. The summed E-state index contributed by atoms with van der Waals surface area (Å²) in [6, 6.07) is 13.6. The van der Waals surface area contributed by atoms with Gasteiger partial charge in [0.15, 0.2) is 0 Å². The predicted molar refractivity (Wildman–Crippen MR) is 99.6 cm³/mol. The first-order chi connectivity index (χ1) is 12.1. The highest BCUT2D eigenvalue weighted by molar-refractivity contribution is 5.98. The van der Waals surface area contributed by atoms with Gasteiger partial charge in [-0.05, 0) is 42.9 Å². The van der Waals surface area contributed by atoms with Gasteiger partial charge in [-0.2, -0.15) is 0 Å². The van der Waals surface area contributed by atoms with E-state index in [2.05, 4.69) is 17.3 Å². The third kappa shape index (κ3) is 4.57. The van der Waals surface area contributed by atoms with Crippen molar-refractivity contribution < 1.29 is 9.59 Å². The topological polar surface area (TPSA) is 52.6 Å². The number of nitrogens with zero attached hydrogens (tertiary/aromatic N) is 2. The first kappa shape index (κ1) is 17.4. The van der Waals surface area contributed by atoms with Crippen molar-refractivity contribution in [1.82, 2.24) is 15.1 Å². The van der Waals surface area contributed by atoms with Gasteiger partial charge in [0.2, 0.25) is 5.91 Å². The van der Waals surface area contributed by atoms with E-state index in [-0.39, 0.29) is 11.8 Å². The van der Waals surface area contributed by atoms with E-state index in [1.54, 1.807) is 0 Å². The Balaban J connectivity index is 1.50. The summed E-state index contributed by atoms with van der Waals surface area (Å²) in [6.45, 7) is 3.89. The summed E-state index contributed by atoms with van der Waals surface area (Å²) in [5, 5.41) is 5.01. The van der Waals surface area contributed by atoms with Crippen LogP contribution in [0.3, 0.4) is 0 Å². The predicted octanol–water partition coefficient (Wildman–Crippen LogP) is 2.12. The minimum atomic E-state index is -0.130. The largest absolute Gasteiger partial charge is 0.352 e. The molecule has 2 aromatic carbocycles. The number of carbonyl (C=O) groups is 2. The average Bonchev–Trinajstić information content (AvgIpc) is 2.85. The van der Waals surface area contributed by atoms with E-state index < -0.39 is 0 Å². The molecule has 0 bridgehead atoms. The number of carbonyl (C=O) groups excluding carboxylic acids is 2. The summed E-state index contributed by atoms with van der Waals surface area (Å²) in [5.41, 5.74) is 0.627. The molecular weight excluding hydrogens is 314 g/mol. The molecule has 0 radical (unpaired) electrons. The van der Waals surface area contributed by atoms with Crippen molar-refractivity contribution in [3.05, 3.63) is 48.0 Å². The molecule has 0 spiro atoms. The second-order valence-corrected chi connectivity index (χ2v) is 6.61. The van der Waals surface area contributed by atoms with Crippen LogP contribution >= 0.6 is 0 Å². The van der Waals surface area contributed by atoms with Gasteiger partial charge in [-0.25, -0.2) is 0 Å². The van der Waals surface area contributed by atoms with Crippen LogP contribution in [0, 0.1) is 0 Å². The summed E-state index contributed by atoms with van der Waals surface area (Å²) >= 11 is 0. The first-order valence-electron chi connectivity index (χ1n) is 8.87. The molecule has 5 heteroatoms. The van der Waals surface area contributed by atoms with Crippen LogP contribution in [0.2, 0.25) is 0 Å². The lowest BCUT2D eigenvalue weighted by Gasteiger charge is -2.20. The number of hydrogen-bond donors (Lipinski definition) is 1. The van der Waals surface area contributed by atoms with Gasteiger partial charge >= 0.3 is 0 Å². The normalized spacial score (nSPS) is 15.8. The maximum Gasteiger partial charge on any atom is 0.251 e. The molecule has 0 unspecified atom stereocenters. The van der Waals surface area contributed by atoms with Crippen molar-refractivity contribution in [1.29, 1.82) is 0 Å². The van der Waals surface area contributed by atoms with Gasteiger partial charge in [0, 0.05) is 38.2 Å². The van der Waals surface area contributed by atoms with Gasteiger partial charge in [-0.3, -0.25) is 9.59 Å². The number of likely N-dealkylation sites (N-methyl/N-ethyl adjacent to an activating group) is 1. The van der Waals surface area contributed by atoms with Crippen molar-refractivity contribution in [2.24, 2.45) is 0 Å². The summed E-state index contributed by atoms with van der Waals surface area (Å²) in [5.74, 6) is -0.0109. The van der Waals surface area contributed by atoms with E-state index in [1.807, 2.05) is 47.4 Å². The van der Waals surface area contributed by atoms with Crippen molar-refractivity contribution in [3.63, 3.8) is 0 Å². The van der Waals surface area contributed by atoms with Crippen LogP contribution in [-0.2, 0) is 4.79 Å². The van der Waals surface area contributed by atoms with Gasteiger partial charge < -0.3 is 15.1 Å². The zero-order valence-corrected chi connectivity index (χ0v) is 14.7. The Labute approximate surface area is 148 Å². The second kappa shape index (κ2) is 8.12. The fraction of sp³-hybridized carbons (Fsp3) is 0.400. The van der Waals surface area contributed by atoms with E-state index in [0.29, 0.717) is 18.5 Å². The van der Waals surface area contributed by atoms with E-state index in [9.17, 15) is 9.59 Å². The molecule has 5 nitrogen and oxygen atoms in total. The lowest BCUT2D eigenvalue weighted by Crippen LogP contribution is -2.36. The Kier molecular flexibility index (Phi) is 5.66. The van der Waals surface area contributed by atoms with Crippen LogP contribution in [0.5, 0.6) is 0 Å². The van der Waals surface area contributed by atoms with Crippen LogP contribution in [0.15, 0.2) is 42.5 Å². The fourth-order valence-electron chi connectivity index (χ4n) is 3.17. The second-order valence-electron chi connectivity index (χ2n) is 6.61. The summed E-state index contributed by atoms with van der Waals surface area (Å²) in [7, 11) is 2.08. The molecule has 1 aliphatic heterocycles. The molecule has 2 aromatic rings. The maximum atomic E-state index is 12.3. The molecule has 0 aliphatic carbocycles. The average molecular weight is 339 g/mol. The van der Waals surface area contributed by atoms with E-state index in [0.717, 1.165) is 43.4 Å². The lowest BCUT2D eigenvalue weighted by atomic mass is 10.1. The number of benzene rings is 2. The Morgan fingerprint density at radius 3 is 2.64 bits per heavy atom. The van der Waals surface area contributed by atoms with Gasteiger partial charge in [-0.15, -0.1) is 0 Å². The summed E-state index contributed by atoms with van der Waals surface area (Å²) < 4.78 is 0. The highest BCUT2D eigenvalue weighted by Gasteiger charge is 2.17. The maximum absolute atomic E-state index is 12.3. The van der Waals surface area contributed by atoms with Crippen molar-refractivity contribution in [2.75, 3.05) is 39.8 Å². The molecule has 1 aliphatic rings. The van der Waals surface area contributed by atoms with E-state index in [4.69, 9.17) is 0 Å². The first-order valence-corrected chi connectivity index (χ1v) is 8.87. The standard InChI is InChI=1S/C20H25N3O2/c1-22-11-4-12-23(14-13-22)19(24)9-10-21-20(25)18-8-7-16-5-2-3-6-17(16)15-18/h2-3,5-8,15H,4,9-14H2,1H3,(H,21,25). The van der Waals surface area contributed by atoms with Crippen LogP contribution in [0.1, 0.15) is 23.2 Å². The van der Waals surface area contributed by atoms with Crippen molar-refractivity contribution >= 4 is 22.6 Å². The summed E-state index contributed by atoms with van der Waals surface area (Å²) in [4.78, 5) is 28.8. The number of nitrogens with one attached hydrogen (secondary N) is 1. The molecule has 0 aromatic heterocycles. The van der Waals surface area contributed by atoms with Crippen molar-refractivity contribution in [3.8, 4) is 0 Å². The number of hydrogen-bond acceptors (Lipinski definition) is 3. The van der Waals surface area contributed by atoms with Gasteiger partial charge in [-0.1, -0.05) is 30.3 Å². The summed E-state index contributed by atoms with van der Waals surface area (Å²) in [6.07, 6.45) is 1.36. The molecule has 1 saturated heterocycles. The quantitative estimate of drug-likeness (QED) is 0.928. The Morgan fingerprint density at radius 2 is 1.80 bits per heavy atom. The zero-order chi connectivity index (χ0) is 17.6. The van der Waals surface area contributed by atoms with Crippen LogP contribution in [0.25, 0.3) is 10.8 Å². The fourth-order valence-corrected chi connectivity index (χ4v) is 3.17. The molecule has 2 amide bonds. The van der Waals surface area contributed by atoms with Gasteiger partial charge in [0.05, 0.1) is 0 Å². The SMILES string of the molecule is CN1CCCN(C(=O)CCNC(=O)c2ccc3ccccc3c2)CC1. The molecule has 3 rings (SSSR count). The highest BCUT2D eigenvalue weighted by Crippen LogP contribution is 2.15. The third-order valence-electron chi connectivity index (χ3n) is 4.71. The Bertz CT molecular complexity index is 759. The molecule has 25 heavy (non-hydrogen) atoms. The van der Waals surface area contributed by atoms with Crippen LogP contribution in [0.4, 0.5) is 0 Å². The van der Waals surface area contributed by atoms with Crippen molar-refractivity contribution in [2.45, 2.75) is 12.8 Å². The number of fused-ring (bicyclic) bond motifs is 1. The van der Waals surface area contributed by atoms with E-state index >= 15 is 0 Å². The molecule has 0 atom stereocenters. The van der Waals surface area contributed by atoms with Crippen LogP contribution < -0.4 is 5.32 Å². The minimum Gasteiger partial charge on any atom is -0.352 e. The van der Waals surface area contributed by atoms with Gasteiger partial charge in [0.25, 0.3) is 5.91 Å². The lowest BCUT2D eigenvalue weighted by molar-refractivity contribution is -0.130. The smallest absolute Gasteiger partial charge is 0.251 e. The molecule has 1 N–H and O–H groups in total. The molecule has 132 valence electrons. The monoisotopic (exact) mass is 339 g/mol. The number of amides is 2. The third-order valence-corrected chi connectivity index (χ3v) is 4.71. The van der Waals surface area contributed by atoms with Crippen LogP contribution in [-0.4, -0.2) is 61.4 Å². The molecule has 0 saturated carbocycles. The molecular formula is C20H25N3O2. The zero-order valence-electron chi connectivity index (χ0n) is 14.7. The van der Waals surface area contributed by atoms with Gasteiger partial charge in [0.1, 0.15) is 0 Å². The molecule has 1 heterocycles. The number of rotatable bonds is 4. The van der Waals surface area contributed by atoms with E-state index in [1.165, 1.54) is 0 Å².